The monoisotopic (exact) mass is 214 g/mol. The zero-order valence-corrected chi connectivity index (χ0v) is 9.55. The third-order valence-electron chi connectivity index (χ3n) is 2.36. The lowest BCUT2D eigenvalue weighted by atomic mass is 10.3. The first-order valence-corrected chi connectivity index (χ1v) is 5.90. The number of carbonyl (C=O) groups excluding carboxylic acids is 1. The number of nitrogens with one attached hydrogen (secondary N) is 2. The molecular weight excluding hydrogens is 192 g/mol. The number of rotatable bonds is 9. The molecule has 4 heteroatoms. The predicted octanol–water partition coefficient (Wildman–Crippen LogP) is 0.671. The molecular formula is C11H22N2O2. The van der Waals surface area contributed by atoms with Crippen molar-refractivity contribution in [2.75, 3.05) is 26.3 Å². The van der Waals surface area contributed by atoms with Gasteiger partial charge in [0.2, 0.25) is 5.91 Å². The van der Waals surface area contributed by atoms with Gasteiger partial charge in [-0.15, -0.1) is 0 Å². The van der Waals surface area contributed by atoms with Gasteiger partial charge in [-0.25, -0.2) is 0 Å². The summed E-state index contributed by atoms with van der Waals surface area (Å²) >= 11 is 0. The van der Waals surface area contributed by atoms with Crippen LogP contribution in [0.3, 0.4) is 0 Å². The minimum atomic E-state index is 0.0925. The van der Waals surface area contributed by atoms with Crippen LogP contribution in [0.5, 0.6) is 0 Å². The molecule has 1 amide bonds. The molecule has 0 radical (unpaired) electrons. The Morgan fingerprint density at radius 3 is 2.87 bits per heavy atom. The van der Waals surface area contributed by atoms with Crippen molar-refractivity contribution in [3.05, 3.63) is 0 Å². The average Bonchev–Trinajstić information content (AvgIpc) is 3.02. The van der Waals surface area contributed by atoms with Crippen molar-refractivity contribution in [3.8, 4) is 0 Å². The van der Waals surface area contributed by atoms with Gasteiger partial charge in [0, 0.05) is 25.6 Å². The summed E-state index contributed by atoms with van der Waals surface area (Å²) in [6, 6.07) is 0.763. The molecule has 1 fully saturated rings. The van der Waals surface area contributed by atoms with Crippen molar-refractivity contribution >= 4 is 5.91 Å². The first-order chi connectivity index (χ1) is 7.33. The van der Waals surface area contributed by atoms with Gasteiger partial charge in [-0.3, -0.25) is 4.79 Å². The summed E-state index contributed by atoms with van der Waals surface area (Å²) in [7, 11) is 0. The van der Waals surface area contributed by atoms with E-state index in [0.717, 1.165) is 25.6 Å². The van der Waals surface area contributed by atoms with Crippen LogP contribution in [0.25, 0.3) is 0 Å². The minimum Gasteiger partial charge on any atom is -0.381 e. The molecule has 15 heavy (non-hydrogen) atoms. The summed E-state index contributed by atoms with van der Waals surface area (Å²) in [6.45, 7) is 4.92. The fourth-order valence-corrected chi connectivity index (χ4v) is 1.31. The second kappa shape index (κ2) is 7.65. The Morgan fingerprint density at radius 2 is 2.20 bits per heavy atom. The molecule has 88 valence electrons. The predicted molar refractivity (Wildman–Crippen MR) is 59.8 cm³/mol. The Labute approximate surface area is 91.8 Å². The van der Waals surface area contributed by atoms with Crippen LogP contribution >= 0.6 is 0 Å². The average molecular weight is 214 g/mol. The van der Waals surface area contributed by atoms with Crippen LogP contribution in [-0.2, 0) is 9.53 Å². The highest BCUT2D eigenvalue weighted by molar-refractivity contribution is 5.75. The maximum Gasteiger partial charge on any atom is 0.222 e. The van der Waals surface area contributed by atoms with Crippen molar-refractivity contribution in [2.24, 2.45) is 0 Å². The number of carbonyl (C=O) groups is 1. The lowest BCUT2D eigenvalue weighted by molar-refractivity contribution is -0.122. The molecule has 1 rings (SSSR count). The third-order valence-corrected chi connectivity index (χ3v) is 2.36. The highest BCUT2D eigenvalue weighted by Gasteiger charge is 2.19. The summed E-state index contributed by atoms with van der Waals surface area (Å²) in [4.78, 5) is 11.2. The Bertz CT molecular complexity index is 181. The highest BCUT2D eigenvalue weighted by Crippen LogP contribution is 2.18. The first-order valence-electron chi connectivity index (χ1n) is 5.90. The second-order valence-electron chi connectivity index (χ2n) is 3.88. The van der Waals surface area contributed by atoms with E-state index in [0.29, 0.717) is 19.6 Å². The van der Waals surface area contributed by atoms with Crippen LogP contribution in [0.15, 0.2) is 0 Å². The fraction of sp³-hybridized carbons (Fsp3) is 0.909. The summed E-state index contributed by atoms with van der Waals surface area (Å²) in [5, 5.41) is 6.28. The smallest absolute Gasteiger partial charge is 0.222 e. The van der Waals surface area contributed by atoms with Gasteiger partial charge in [0.25, 0.3) is 0 Å². The number of hydrogen-bond acceptors (Lipinski definition) is 3. The summed E-state index contributed by atoms with van der Waals surface area (Å²) in [5.41, 5.74) is 0. The van der Waals surface area contributed by atoms with E-state index in [2.05, 4.69) is 10.6 Å². The Balaban J connectivity index is 1.78. The molecule has 1 saturated carbocycles. The van der Waals surface area contributed by atoms with Crippen LogP contribution in [0.1, 0.15) is 32.6 Å². The van der Waals surface area contributed by atoms with Crippen LogP contribution < -0.4 is 10.6 Å². The molecule has 0 aromatic rings. The molecule has 0 saturated heterocycles. The molecule has 0 aromatic carbocycles. The lowest BCUT2D eigenvalue weighted by Crippen LogP contribution is -2.28. The van der Waals surface area contributed by atoms with Crippen molar-refractivity contribution in [2.45, 2.75) is 38.6 Å². The molecule has 0 aliphatic heterocycles. The quantitative estimate of drug-likeness (QED) is 0.555. The largest absolute Gasteiger partial charge is 0.381 e. The van der Waals surface area contributed by atoms with E-state index in [1.54, 1.807) is 0 Å². The van der Waals surface area contributed by atoms with Gasteiger partial charge in [-0.05, 0) is 32.7 Å². The van der Waals surface area contributed by atoms with Gasteiger partial charge in [-0.2, -0.15) is 0 Å². The summed E-state index contributed by atoms with van der Waals surface area (Å²) < 4.78 is 5.10. The molecule has 0 unspecified atom stereocenters. The molecule has 0 spiro atoms. The lowest BCUT2D eigenvalue weighted by Gasteiger charge is -2.05. The van der Waals surface area contributed by atoms with Gasteiger partial charge in [-0.1, -0.05) is 0 Å². The maximum absolute atomic E-state index is 11.2. The van der Waals surface area contributed by atoms with Crippen molar-refractivity contribution in [1.82, 2.24) is 10.6 Å². The number of hydrogen-bond donors (Lipinski definition) is 2. The molecule has 0 heterocycles. The summed E-state index contributed by atoms with van der Waals surface area (Å²) in [5.74, 6) is 0.0925. The molecule has 1 aliphatic carbocycles. The Morgan fingerprint density at radius 1 is 1.40 bits per heavy atom. The van der Waals surface area contributed by atoms with E-state index in [1.165, 1.54) is 12.8 Å². The number of ether oxygens (including phenoxy) is 1. The molecule has 0 aromatic heterocycles. The van der Waals surface area contributed by atoms with Gasteiger partial charge in [0.05, 0.1) is 6.61 Å². The standard InChI is InChI=1S/C11H22N2O2/c1-2-15-9-6-11(14)13-8-3-7-12-10-4-5-10/h10,12H,2-9H2,1H3,(H,13,14). The van der Waals surface area contributed by atoms with Gasteiger partial charge >= 0.3 is 0 Å². The van der Waals surface area contributed by atoms with Crippen molar-refractivity contribution in [1.29, 1.82) is 0 Å². The Hall–Kier alpha value is -0.610. The van der Waals surface area contributed by atoms with Crippen LogP contribution in [0.4, 0.5) is 0 Å². The third kappa shape index (κ3) is 7.33. The highest BCUT2D eigenvalue weighted by atomic mass is 16.5. The number of amides is 1. The van der Waals surface area contributed by atoms with E-state index in [4.69, 9.17) is 4.74 Å². The van der Waals surface area contributed by atoms with Crippen molar-refractivity contribution in [3.63, 3.8) is 0 Å². The summed E-state index contributed by atoms with van der Waals surface area (Å²) in [6.07, 6.45) is 4.13. The van der Waals surface area contributed by atoms with Crippen LogP contribution in [-0.4, -0.2) is 38.3 Å². The SMILES string of the molecule is CCOCCC(=O)NCCCNC1CC1. The van der Waals surface area contributed by atoms with E-state index >= 15 is 0 Å². The molecule has 0 atom stereocenters. The van der Waals surface area contributed by atoms with E-state index in [-0.39, 0.29) is 5.91 Å². The van der Waals surface area contributed by atoms with Crippen LogP contribution in [0, 0.1) is 0 Å². The molecule has 1 aliphatic rings. The van der Waals surface area contributed by atoms with Gasteiger partial charge in [0.1, 0.15) is 0 Å². The van der Waals surface area contributed by atoms with Crippen LogP contribution in [0.2, 0.25) is 0 Å². The van der Waals surface area contributed by atoms with Gasteiger partial charge in [0.15, 0.2) is 0 Å². The normalized spacial score (nSPS) is 15.3. The zero-order valence-electron chi connectivity index (χ0n) is 9.55. The van der Waals surface area contributed by atoms with E-state index < -0.39 is 0 Å². The second-order valence-corrected chi connectivity index (χ2v) is 3.88. The Kier molecular flexibility index (Phi) is 6.36. The fourth-order valence-electron chi connectivity index (χ4n) is 1.31. The molecule has 4 nitrogen and oxygen atoms in total. The minimum absolute atomic E-state index is 0.0925. The topological polar surface area (TPSA) is 50.4 Å². The molecule has 2 N–H and O–H groups in total. The van der Waals surface area contributed by atoms with E-state index in [9.17, 15) is 4.79 Å². The van der Waals surface area contributed by atoms with Crippen molar-refractivity contribution < 1.29 is 9.53 Å². The first kappa shape index (κ1) is 12.5. The van der Waals surface area contributed by atoms with E-state index in [1.807, 2.05) is 6.92 Å². The molecule has 0 bridgehead atoms. The van der Waals surface area contributed by atoms with Gasteiger partial charge < -0.3 is 15.4 Å². The zero-order chi connectivity index (χ0) is 10.9. The maximum atomic E-state index is 11.2.